The van der Waals surface area contributed by atoms with Gasteiger partial charge in [0.25, 0.3) is 0 Å². The maximum atomic E-state index is 10.2. The number of nitrogens with one attached hydrogen (secondary N) is 1. The van der Waals surface area contributed by atoms with Crippen LogP contribution in [0.3, 0.4) is 0 Å². The number of aliphatic hydroxyl groups is 1. The molecule has 0 amide bonds. The van der Waals surface area contributed by atoms with Gasteiger partial charge >= 0.3 is 0 Å². The highest BCUT2D eigenvalue weighted by atomic mass is 16.3. The average Bonchev–Trinajstić information content (AvgIpc) is 2.19. The van der Waals surface area contributed by atoms with Gasteiger partial charge in [-0.15, -0.1) is 0 Å². The standard InChI is InChI=1S/C16H28N2O/c1-12-7-13(2)15(14(3)8-12)9-17-10-16(4,19)11-18(5)6/h7-8,17,19H,9-11H2,1-6H3. The van der Waals surface area contributed by atoms with Crippen molar-refractivity contribution in [3.05, 3.63) is 34.4 Å². The van der Waals surface area contributed by atoms with Crippen LogP contribution >= 0.6 is 0 Å². The second kappa shape index (κ2) is 6.51. The highest BCUT2D eigenvalue weighted by molar-refractivity contribution is 5.37. The maximum Gasteiger partial charge on any atom is 0.0869 e. The van der Waals surface area contributed by atoms with Gasteiger partial charge < -0.3 is 15.3 Å². The van der Waals surface area contributed by atoms with Crippen molar-refractivity contribution in [3.63, 3.8) is 0 Å². The molecule has 19 heavy (non-hydrogen) atoms. The van der Waals surface area contributed by atoms with E-state index in [2.05, 4.69) is 38.2 Å². The van der Waals surface area contributed by atoms with E-state index in [1.807, 2.05) is 25.9 Å². The fourth-order valence-corrected chi connectivity index (χ4v) is 2.68. The van der Waals surface area contributed by atoms with Gasteiger partial charge in [0.15, 0.2) is 0 Å². The lowest BCUT2D eigenvalue weighted by molar-refractivity contribution is 0.0335. The lowest BCUT2D eigenvalue weighted by Crippen LogP contribution is -2.45. The molecule has 1 unspecified atom stereocenters. The fraction of sp³-hybridized carbons (Fsp3) is 0.625. The third-order valence-electron chi connectivity index (χ3n) is 3.30. The Morgan fingerprint density at radius 2 is 1.68 bits per heavy atom. The van der Waals surface area contributed by atoms with Gasteiger partial charge in [-0.2, -0.15) is 0 Å². The summed E-state index contributed by atoms with van der Waals surface area (Å²) in [6.07, 6.45) is 0. The predicted octanol–water partition coefficient (Wildman–Crippen LogP) is 2.01. The highest BCUT2D eigenvalue weighted by Gasteiger charge is 2.20. The summed E-state index contributed by atoms with van der Waals surface area (Å²) in [4.78, 5) is 2.00. The summed E-state index contributed by atoms with van der Waals surface area (Å²) < 4.78 is 0. The summed E-state index contributed by atoms with van der Waals surface area (Å²) in [7, 11) is 3.95. The Hall–Kier alpha value is -0.900. The molecular weight excluding hydrogens is 236 g/mol. The molecule has 0 saturated heterocycles. The molecule has 0 saturated carbocycles. The summed E-state index contributed by atoms with van der Waals surface area (Å²) in [5, 5.41) is 13.6. The zero-order valence-electron chi connectivity index (χ0n) is 13.2. The van der Waals surface area contributed by atoms with Crippen LogP contribution in [0.1, 0.15) is 29.2 Å². The van der Waals surface area contributed by atoms with E-state index in [0.29, 0.717) is 13.1 Å². The Balaban J connectivity index is 2.59. The first-order valence-electron chi connectivity index (χ1n) is 6.86. The zero-order chi connectivity index (χ0) is 14.6. The lowest BCUT2D eigenvalue weighted by atomic mass is 9.99. The highest BCUT2D eigenvalue weighted by Crippen LogP contribution is 2.16. The average molecular weight is 264 g/mol. The molecule has 0 fully saturated rings. The molecule has 1 aromatic carbocycles. The molecule has 3 nitrogen and oxygen atoms in total. The number of benzene rings is 1. The molecule has 0 aliphatic heterocycles. The minimum absolute atomic E-state index is 0.595. The molecule has 0 radical (unpaired) electrons. The minimum Gasteiger partial charge on any atom is -0.388 e. The molecule has 0 aromatic heterocycles. The molecule has 0 bridgehead atoms. The van der Waals surface area contributed by atoms with E-state index in [-0.39, 0.29) is 0 Å². The molecule has 3 heteroatoms. The van der Waals surface area contributed by atoms with Gasteiger partial charge in [-0.25, -0.2) is 0 Å². The van der Waals surface area contributed by atoms with Gasteiger partial charge in [0.2, 0.25) is 0 Å². The number of hydrogen-bond acceptors (Lipinski definition) is 3. The van der Waals surface area contributed by atoms with Crippen LogP contribution < -0.4 is 5.32 Å². The number of likely N-dealkylation sites (N-methyl/N-ethyl adjacent to an activating group) is 1. The fourth-order valence-electron chi connectivity index (χ4n) is 2.68. The Bertz CT molecular complexity index is 402. The Kier molecular flexibility index (Phi) is 5.53. The Morgan fingerprint density at radius 3 is 2.16 bits per heavy atom. The summed E-state index contributed by atoms with van der Waals surface area (Å²) in [6.45, 7) is 10.4. The van der Waals surface area contributed by atoms with Gasteiger partial charge in [-0.3, -0.25) is 0 Å². The van der Waals surface area contributed by atoms with E-state index in [1.54, 1.807) is 0 Å². The van der Waals surface area contributed by atoms with Crippen molar-refractivity contribution < 1.29 is 5.11 Å². The van der Waals surface area contributed by atoms with Crippen molar-refractivity contribution in [1.29, 1.82) is 0 Å². The van der Waals surface area contributed by atoms with Crippen molar-refractivity contribution in [2.24, 2.45) is 0 Å². The molecule has 2 N–H and O–H groups in total. The molecule has 0 aliphatic carbocycles. The van der Waals surface area contributed by atoms with Gasteiger partial charge in [-0.1, -0.05) is 17.7 Å². The molecule has 0 aliphatic rings. The molecule has 108 valence electrons. The van der Waals surface area contributed by atoms with Crippen LogP contribution in [0.25, 0.3) is 0 Å². The van der Waals surface area contributed by atoms with Crippen LogP contribution in [0, 0.1) is 20.8 Å². The van der Waals surface area contributed by atoms with Crippen LogP contribution in [0.5, 0.6) is 0 Å². The topological polar surface area (TPSA) is 35.5 Å². The van der Waals surface area contributed by atoms with E-state index < -0.39 is 5.60 Å². The van der Waals surface area contributed by atoms with Crippen LogP contribution in [-0.4, -0.2) is 42.8 Å². The lowest BCUT2D eigenvalue weighted by Gasteiger charge is -2.27. The van der Waals surface area contributed by atoms with Crippen molar-refractivity contribution in [3.8, 4) is 0 Å². The first-order chi connectivity index (χ1) is 8.71. The number of hydrogen-bond donors (Lipinski definition) is 2. The number of rotatable bonds is 6. The summed E-state index contributed by atoms with van der Waals surface area (Å²) in [5.74, 6) is 0. The number of nitrogens with zero attached hydrogens (tertiary/aromatic N) is 1. The molecule has 1 atom stereocenters. The molecule has 1 rings (SSSR count). The Labute approximate surface area is 117 Å². The first-order valence-corrected chi connectivity index (χ1v) is 6.86. The number of aryl methyl sites for hydroxylation is 3. The van der Waals surface area contributed by atoms with Crippen LogP contribution in [0.15, 0.2) is 12.1 Å². The third kappa shape index (κ3) is 5.31. The van der Waals surface area contributed by atoms with E-state index in [0.717, 1.165) is 6.54 Å². The SMILES string of the molecule is Cc1cc(C)c(CNCC(C)(O)CN(C)C)c(C)c1. The van der Waals surface area contributed by atoms with E-state index in [1.165, 1.54) is 22.3 Å². The summed E-state index contributed by atoms with van der Waals surface area (Å²) >= 11 is 0. The zero-order valence-corrected chi connectivity index (χ0v) is 13.2. The molecule has 0 heterocycles. The maximum absolute atomic E-state index is 10.2. The summed E-state index contributed by atoms with van der Waals surface area (Å²) in [5.41, 5.74) is 4.58. The van der Waals surface area contributed by atoms with Gasteiger partial charge in [0.05, 0.1) is 5.60 Å². The smallest absolute Gasteiger partial charge is 0.0869 e. The third-order valence-corrected chi connectivity index (χ3v) is 3.30. The van der Waals surface area contributed by atoms with Gasteiger partial charge in [0.1, 0.15) is 0 Å². The van der Waals surface area contributed by atoms with Crippen LogP contribution in [-0.2, 0) is 6.54 Å². The van der Waals surface area contributed by atoms with E-state index in [4.69, 9.17) is 0 Å². The largest absolute Gasteiger partial charge is 0.388 e. The van der Waals surface area contributed by atoms with Crippen molar-refractivity contribution in [2.45, 2.75) is 39.8 Å². The second-order valence-corrected chi connectivity index (χ2v) is 6.22. The van der Waals surface area contributed by atoms with Crippen molar-refractivity contribution >= 4 is 0 Å². The van der Waals surface area contributed by atoms with Crippen LogP contribution in [0.4, 0.5) is 0 Å². The molecular formula is C16H28N2O. The predicted molar refractivity (Wildman–Crippen MR) is 81.5 cm³/mol. The minimum atomic E-state index is -0.698. The monoisotopic (exact) mass is 264 g/mol. The molecule has 1 aromatic rings. The molecule has 0 spiro atoms. The first kappa shape index (κ1) is 16.2. The van der Waals surface area contributed by atoms with E-state index in [9.17, 15) is 5.11 Å². The Morgan fingerprint density at radius 1 is 1.16 bits per heavy atom. The normalized spacial score (nSPS) is 14.7. The van der Waals surface area contributed by atoms with Crippen molar-refractivity contribution in [1.82, 2.24) is 10.2 Å². The van der Waals surface area contributed by atoms with Crippen molar-refractivity contribution in [2.75, 3.05) is 27.2 Å². The second-order valence-electron chi connectivity index (χ2n) is 6.22. The quantitative estimate of drug-likeness (QED) is 0.825. The van der Waals surface area contributed by atoms with Crippen LogP contribution in [0.2, 0.25) is 0 Å². The van der Waals surface area contributed by atoms with Gasteiger partial charge in [0, 0.05) is 19.6 Å². The van der Waals surface area contributed by atoms with E-state index >= 15 is 0 Å². The summed E-state index contributed by atoms with van der Waals surface area (Å²) in [6, 6.07) is 4.42. The van der Waals surface area contributed by atoms with Gasteiger partial charge in [-0.05, 0) is 58.5 Å².